The first-order valence-electron chi connectivity index (χ1n) is 5.19. The highest BCUT2D eigenvalue weighted by molar-refractivity contribution is 4.84. The monoisotopic (exact) mass is 168 g/mol. The fourth-order valence-corrected chi connectivity index (χ4v) is 2.25. The van der Waals surface area contributed by atoms with E-state index in [4.69, 9.17) is 0 Å². The van der Waals surface area contributed by atoms with Gasteiger partial charge in [-0.25, -0.2) is 0 Å². The van der Waals surface area contributed by atoms with Crippen molar-refractivity contribution in [2.45, 2.75) is 13.8 Å². The first-order valence-corrected chi connectivity index (χ1v) is 5.19. The summed E-state index contributed by atoms with van der Waals surface area (Å²) in [5.41, 5.74) is 0. The van der Waals surface area contributed by atoms with Crippen LogP contribution in [0.4, 0.5) is 0 Å². The normalized spacial score (nSPS) is 29.5. The second kappa shape index (κ2) is 3.35. The predicted molar refractivity (Wildman–Crippen MR) is 51.1 cm³/mol. The summed E-state index contributed by atoms with van der Waals surface area (Å²) in [6, 6.07) is 0. The average Bonchev–Trinajstić information content (AvgIpc) is 1.79. The molecule has 2 fully saturated rings. The van der Waals surface area contributed by atoms with E-state index in [2.05, 4.69) is 24.1 Å². The van der Waals surface area contributed by atoms with E-state index in [1.54, 1.807) is 0 Å². The quantitative estimate of drug-likeness (QED) is 0.670. The van der Waals surface area contributed by atoms with E-state index in [9.17, 15) is 0 Å². The lowest BCUT2D eigenvalue weighted by Gasteiger charge is -2.42. The zero-order valence-electron chi connectivity index (χ0n) is 8.21. The van der Waals surface area contributed by atoms with Crippen molar-refractivity contribution in [2.24, 2.45) is 17.8 Å². The number of nitrogens with one attached hydrogen (secondary N) is 1. The number of nitrogens with zero attached hydrogens (tertiary/aromatic N) is 1. The molecule has 2 saturated heterocycles. The molecule has 0 aliphatic carbocycles. The van der Waals surface area contributed by atoms with Crippen LogP contribution in [-0.4, -0.2) is 37.6 Å². The summed E-state index contributed by atoms with van der Waals surface area (Å²) in [6.45, 7) is 11.3. The van der Waals surface area contributed by atoms with Crippen molar-refractivity contribution >= 4 is 0 Å². The predicted octanol–water partition coefficient (Wildman–Crippen LogP) is 0.794. The molecule has 2 rings (SSSR count). The summed E-state index contributed by atoms with van der Waals surface area (Å²) >= 11 is 0. The Kier molecular flexibility index (Phi) is 2.37. The molecular formula is C10H20N2. The van der Waals surface area contributed by atoms with Gasteiger partial charge in [-0.1, -0.05) is 13.8 Å². The molecule has 0 spiro atoms. The smallest absolute Gasteiger partial charge is 0.00195 e. The highest BCUT2D eigenvalue weighted by atomic mass is 15.2. The van der Waals surface area contributed by atoms with Crippen LogP contribution in [0.3, 0.4) is 0 Å². The number of hydrogen-bond donors (Lipinski definition) is 1. The Morgan fingerprint density at radius 2 is 2.08 bits per heavy atom. The van der Waals surface area contributed by atoms with Gasteiger partial charge in [0.05, 0.1) is 0 Å². The van der Waals surface area contributed by atoms with E-state index < -0.39 is 0 Å². The van der Waals surface area contributed by atoms with Gasteiger partial charge < -0.3 is 10.2 Å². The van der Waals surface area contributed by atoms with E-state index in [0.717, 1.165) is 17.8 Å². The maximum absolute atomic E-state index is 3.34. The second-order valence-corrected chi connectivity index (χ2v) is 4.72. The van der Waals surface area contributed by atoms with Crippen molar-refractivity contribution < 1.29 is 0 Å². The van der Waals surface area contributed by atoms with Crippen LogP contribution >= 0.6 is 0 Å². The highest BCUT2D eigenvalue weighted by Gasteiger charge is 2.29. The van der Waals surface area contributed by atoms with Gasteiger partial charge >= 0.3 is 0 Å². The van der Waals surface area contributed by atoms with Gasteiger partial charge in [-0.2, -0.15) is 0 Å². The van der Waals surface area contributed by atoms with E-state index in [1.807, 2.05) is 0 Å². The summed E-state index contributed by atoms with van der Waals surface area (Å²) in [5.74, 6) is 2.82. The minimum atomic E-state index is 0.902. The van der Waals surface area contributed by atoms with E-state index in [-0.39, 0.29) is 0 Å². The van der Waals surface area contributed by atoms with Gasteiger partial charge in [0.25, 0.3) is 0 Å². The fraction of sp³-hybridized carbons (Fsp3) is 1.00. The molecule has 70 valence electrons. The average molecular weight is 168 g/mol. The Hall–Kier alpha value is -0.0800. The molecule has 0 bridgehead atoms. The maximum Gasteiger partial charge on any atom is 0.00195 e. The summed E-state index contributed by atoms with van der Waals surface area (Å²) in [5, 5.41) is 3.34. The summed E-state index contributed by atoms with van der Waals surface area (Å²) in [4.78, 5) is 2.59. The van der Waals surface area contributed by atoms with Crippen LogP contribution in [-0.2, 0) is 0 Å². The zero-order valence-corrected chi connectivity index (χ0v) is 8.21. The third-order valence-electron chi connectivity index (χ3n) is 3.30. The van der Waals surface area contributed by atoms with E-state index in [0.29, 0.717) is 0 Å². The molecule has 2 nitrogen and oxygen atoms in total. The Balaban J connectivity index is 1.65. The van der Waals surface area contributed by atoms with Crippen LogP contribution in [0.1, 0.15) is 13.8 Å². The molecule has 0 radical (unpaired) electrons. The van der Waals surface area contributed by atoms with Gasteiger partial charge in [0, 0.05) is 19.6 Å². The molecule has 0 aromatic rings. The second-order valence-electron chi connectivity index (χ2n) is 4.72. The lowest BCUT2D eigenvalue weighted by Crippen LogP contribution is -2.52. The van der Waals surface area contributed by atoms with Crippen molar-refractivity contribution in [1.82, 2.24) is 10.2 Å². The van der Waals surface area contributed by atoms with Crippen molar-refractivity contribution in [1.29, 1.82) is 0 Å². The van der Waals surface area contributed by atoms with Crippen molar-refractivity contribution in [3.8, 4) is 0 Å². The highest BCUT2D eigenvalue weighted by Crippen LogP contribution is 2.21. The topological polar surface area (TPSA) is 15.3 Å². The van der Waals surface area contributed by atoms with E-state index >= 15 is 0 Å². The first-order chi connectivity index (χ1) is 5.75. The first kappa shape index (κ1) is 8.52. The summed E-state index contributed by atoms with van der Waals surface area (Å²) in [7, 11) is 0. The maximum atomic E-state index is 3.34. The van der Waals surface area contributed by atoms with Gasteiger partial charge in [-0.05, 0) is 30.8 Å². The van der Waals surface area contributed by atoms with Gasteiger partial charge in [-0.3, -0.25) is 0 Å². The molecule has 1 N–H and O–H groups in total. The Morgan fingerprint density at radius 1 is 1.42 bits per heavy atom. The van der Waals surface area contributed by atoms with Gasteiger partial charge in [0.2, 0.25) is 0 Å². The van der Waals surface area contributed by atoms with Gasteiger partial charge in [0.15, 0.2) is 0 Å². The van der Waals surface area contributed by atoms with Gasteiger partial charge in [0.1, 0.15) is 0 Å². The van der Waals surface area contributed by atoms with Crippen molar-refractivity contribution in [3.05, 3.63) is 0 Å². The number of hydrogen-bond acceptors (Lipinski definition) is 2. The van der Waals surface area contributed by atoms with Crippen LogP contribution in [0.25, 0.3) is 0 Å². The molecule has 0 aromatic heterocycles. The van der Waals surface area contributed by atoms with Crippen LogP contribution < -0.4 is 5.32 Å². The molecule has 2 heterocycles. The summed E-state index contributed by atoms with van der Waals surface area (Å²) in [6.07, 6.45) is 0. The Labute approximate surface area is 75.3 Å². The van der Waals surface area contributed by atoms with Crippen LogP contribution in [0.15, 0.2) is 0 Å². The van der Waals surface area contributed by atoms with E-state index in [1.165, 1.54) is 32.7 Å². The third kappa shape index (κ3) is 1.64. The summed E-state index contributed by atoms with van der Waals surface area (Å²) < 4.78 is 0. The molecule has 1 atom stereocenters. The molecule has 12 heavy (non-hydrogen) atoms. The molecular weight excluding hydrogens is 148 g/mol. The molecule has 1 unspecified atom stereocenters. The standard InChI is InChI=1S/C10H20N2/c1-8-5-12(6-8)7-9(2)10-3-11-4-10/h8-11H,3-7H2,1-2H3. The SMILES string of the molecule is CC1CN(CC(C)C2CNC2)C1. The fourth-order valence-electron chi connectivity index (χ4n) is 2.25. The molecule has 2 aliphatic rings. The molecule has 0 aromatic carbocycles. The zero-order chi connectivity index (χ0) is 8.55. The molecule has 2 aliphatic heterocycles. The Bertz CT molecular complexity index is 148. The van der Waals surface area contributed by atoms with Crippen LogP contribution in [0.2, 0.25) is 0 Å². The van der Waals surface area contributed by atoms with Crippen LogP contribution in [0, 0.1) is 17.8 Å². The third-order valence-corrected chi connectivity index (χ3v) is 3.30. The minimum absolute atomic E-state index is 0.902. The lowest BCUT2D eigenvalue weighted by atomic mass is 9.87. The molecule has 2 heteroatoms. The van der Waals surface area contributed by atoms with Crippen molar-refractivity contribution in [2.75, 3.05) is 32.7 Å². The number of likely N-dealkylation sites (tertiary alicyclic amines) is 1. The lowest BCUT2D eigenvalue weighted by molar-refractivity contribution is 0.0731. The Morgan fingerprint density at radius 3 is 2.50 bits per heavy atom. The van der Waals surface area contributed by atoms with Crippen molar-refractivity contribution in [3.63, 3.8) is 0 Å². The molecule has 0 amide bonds. The van der Waals surface area contributed by atoms with Gasteiger partial charge in [-0.15, -0.1) is 0 Å². The number of rotatable bonds is 3. The van der Waals surface area contributed by atoms with Crippen LogP contribution in [0.5, 0.6) is 0 Å². The minimum Gasteiger partial charge on any atom is -0.316 e. The largest absolute Gasteiger partial charge is 0.316 e. The molecule has 0 saturated carbocycles.